The van der Waals surface area contributed by atoms with Gasteiger partial charge in [-0.25, -0.2) is 0 Å². The number of rotatable bonds is 10. The second-order valence-electron chi connectivity index (χ2n) is 3.20. The van der Waals surface area contributed by atoms with Gasteiger partial charge in [-0.2, -0.15) is 0 Å². The molecule has 3 heteroatoms. The highest BCUT2D eigenvalue weighted by Crippen LogP contribution is 1.70. The summed E-state index contributed by atoms with van der Waals surface area (Å²) in [6.45, 7) is 8.31. The van der Waals surface area contributed by atoms with Crippen LogP contribution in [0.1, 0.15) is 19.8 Å². The molecule has 0 aliphatic carbocycles. The average molecular weight is 197 g/mol. The van der Waals surface area contributed by atoms with Crippen LogP contribution in [0.4, 0.5) is 0 Å². The fourth-order valence-corrected chi connectivity index (χ4v) is 1.07. The van der Waals surface area contributed by atoms with Gasteiger partial charge in [0.1, 0.15) is 0 Å². The van der Waals surface area contributed by atoms with E-state index in [1.807, 2.05) is 0 Å². The van der Waals surface area contributed by atoms with E-state index in [4.69, 9.17) is 6.42 Å². The van der Waals surface area contributed by atoms with Crippen LogP contribution < -0.4 is 16.0 Å². The van der Waals surface area contributed by atoms with Crippen LogP contribution in [0.25, 0.3) is 0 Å². The third-order valence-electron chi connectivity index (χ3n) is 1.83. The molecule has 0 aromatic heterocycles. The second-order valence-corrected chi connectivity index (χ2v) is 3.20. The predicted octanol–water partition coefficient (Wildman–Crippen LogP) is 0.189. The molecular formula is C11H23N3. The predicted molar refractivity (Wildman–Crippen MR) is 62.4 cm³/mol. The van der Waals surface area contributed by atoms with Crippen molar-refractivity contribution in [3.05, 3.63) is 0 Å². The fraction of sp³-hybridized carbons (Fsp3) is 0.818. The summed E-state index contributed by atoms with van der Waals surface area (Å²) in [5, 5.41) is 9.94. The van der Waals surface area contributed by atoms with Gasteiger partial charge < -0.3 is 16.0 Å². The largest absolute Gasteiger partial charge is 0.315 e. The molecule has 0 aliphatic rings. The molecule has 0 rings (SSSR count). The normalized spacial score (nSPS) is 10.0. The molecule has 0 unspecified atom stereocenters. The lowest BCUT2D eigenvalue weighted by Crippen LogP contribution is -2.33. The summed E-state index contributed by atoms with van der Waals surface area (Å²) in [7, 11) is 0. The zero-order chi connectivity index (χ0) is 10.5. The molecule has 0 atom stereocenters. The van der Waals surface area contributed by atoms with Crippen LogP contribution >= 0.6 is 0 Å². The van der Waals surface area contributed by atoms with E-state index in [0.29, 0.717) is 0 Å². The van der Waals surface area contributed by atoms with Gasteiger partial charge in [0, 0.05) is 39.1 Å². The van der Waals surface area contributed by atoms with Crippen LogP contribution in [0.3, 0.4) is 0 Å². The first kappa shape index (κ1) is 13.4. The SMILES string of the molecule is C#CCCNCCNCCNCCC. The van der Waals surface area contributed by atoms with Crippen molar-refractivity contribution in [3.8, 4) is 12.3 Å². The maximum absolute atomic E-state index is 5.12. The summed E-state index contributed by atoms with van der Waals surface area (Å²) in [6.07, 6.45) is 7.14. The van der Waals surface area contributed by atoms with E-state index in [0.717, 1.165) is 45.7 Å². The summed E-state index contributed by atoms with van der Waals surface area (Å²) in [6, 6.07) is 0. The lowest BCUT2D eigenvalue weighted by atomic mass is 10.4. The highest BCUT2D eigenvalue weighted by molar-refractivity contribution is 4.83. The molecular weight excluding hydrogens is 174 g/mol. The van der Waals surface area contributed by atoms with Crippen molar-refractivity contribution < 1.29 is 0 Å². The first-order chi connectivity index (χ1) is 6.91. The van der Waals surface area contributed by atoms with Gasteiger partial charge >= 0.3 is 0 Å². The number of hydrogen-bond acceptors (Lipinski definition) is 3. The molecule has 0 spiro atoms. The maximum atomic E-state index is 5.12. The lowest BCUT2D eigenvalue weighted by molar-refractivity contribution is 0.582. The Bertz CT molecular complexity index is 140. The average Bonchev–Trinajstić information content (AvgIpc) is 2.21. The first-order valence-corrected chi connectivity index (χ1v) is 5.47. The van der Waals surface area contributed by atoms with E-state index in [1.165, 1.54) is 6.42 Å². The highest BCUT2D eigenvalue weighted by atomic mass is 15.0. The maximum Gasteiger partial charge on any atom is 0.0211 e. The molecule has 0 aliphatic heterocycles. The Morgan fingerprint density at radius 2 is 1.36 bits per heavy atom. The molecule has 82 valence electrons. The van der Waals surface area contributed by atoms with Crippen molar-refractivity contribution in [3.63, 3.8) is 0 Å². The Labute approximate surface area is 88.0 Å². The second kappa shape index (κ2) is 12.4. The molecule has 0 radical (unpaired) electrons. The summed E-state index contributed by atoms with van der Waals surface area (Å²) in [5.74, 6) is 2.60. The van der Waals surface area contributed by atoms with Gasteiger partial charge in [0.15, 0.2) is 0 Å². The Morgan fingerprint density at radius 1 is 0.857 bits per heavy atom. The van der Waals surface area contributed by atoms with E-state index in [1.54, 1.807) is 0 Å². The molecule has 0 bridgehead atoms. The van der Waals surface area contributed by atoms with Crippen molar-refractivity contribution in [2.75, 3.05) is 39.3 Å². The van der Waals surface area contributed by atoms with Crippen LogP contribution in [0.2, 0.25) is 0 Å². The monoisotopic (exact) mass is 197 g/mol. The fourth-order valence-electron chi connectivity index (χ4n) is 1.07. The molecule has 0 aromatic rings. The third kappa shape index (κ3) is 11.4. The Hall–Kier alpha value is -0.560. The van der Waals surface area contributed by atoms with Gasteiger partial charge in [-0.15, -0.1) is 12.3 Å². The van der Waals surface area contributed by atoms with E-state index < -0.39 is 0 Å². The van der Waals surface area contributed by atoms with Gasteiger partial charge in [0.2, 0.25) is 0 Å². The topological polar surface area (TPSA) is 36.1 Å². The van der Waals surface area contributed by atoms with Gasteiger partial charge in [-0.1, -0.05) is 6.92 Å². The smallest absolute Gasteiger partial charge is 0.0211 e. The van der Waals surface area contributed by atoms with Crippen molar-refractivity contribution >= 4 is 0 Å². The number of terminal acetylenes is 1. The molecule has 14 heavy (non-hydrogen) atoms. The van der Waals surface area contributed by atoms with Crippen LogP contribution in [0.15, 0.2) is 0 Å². The van der Waals surface area contributed by atoms with Gasteiger partial charge in [0.25, 0.3) is 0 Å². The molecule has 3 nitrogen and oxygen atoms in total. The Kier molecular flexibility index (Phi) is 11.9. The minimum atomic E-state index is 0.818. The van der Waals surface area contributed by atoms with Crippen LogP contribution in [0.5, 0.6) is 0 Å². The van der Waals surface area contributed by atoms with Gasteiger partial charge in [-0.05, 0) is 13.0 Å². The van der Waals surface area contributed by atoms with E-state index in [-0.39, 0.29) is 0 Å². The quantitative estimate of drug-likeness (QED) is 0.346. The zero-order valence-electron chi connectivity index (χ0n) is 9.23. The van der Waals surface area contributed by atoms with Crippen LogP contribution in [-0.2, 0) is 0 Å². The molecule has 0 fully saturated rings. The molecule has 0 saturated heterocycles. The number of nitrogens with one attached hydrogen (secondary N) is 3. The third-order valence-corrected chi connectivity index (χ3v) is 1.83. The molecule has 0 amide bonds. The highest BCUT2D eigenvalue weighted by Gasteiger charge is 1.87. The summed E-state index contributed by atoms with van der Waals surface area (Å²) in [4.78, 5) is 0. The van der Waals surface area contributed by atoms with Gasteiger partial charge in [-0.3, -0.25) is 0 Å². The zero-order valence-corrected chi connectivity index (χ0v) is 9.23. The van der Waals surface area contributed by atoms with E-state index >= 15 is 0 Å². The molecule has 0 heterocycles. The molecule has 3 N–H and O–H groups in total. The standard InChI is InChI=1S/C11H23N3/c1-3-5-7-13-9-11-14-10-8-12-6-4-2/h1,12-14H,4-11H2,2H3. The van der Waals surface area contributed by atoms with E-state index in [2.05, 4.69) is 28.8 Å². The minimum Gasteiger partial charge on any atom is -0.315 e. The molecule has 0 aromatic carbocycles. The summed E-state index contributed by atoms with van der Waals surface area (Å²) in [5.41, 5.74) is 0. The van der Waals surface area contributed by atoms with Crippen molar-refractivity contribution in [1.82, 2.24) is 16.0 Å². The summed E-state index contributed by atoms with van der Waals surface area (Å²) >= 11 is 0. The Balaban J connectivity index is 2.82. The van der Waals surface area contributed by atoms with Crippen LogP contribution in [0, 0.1) is 12.3 Å². The number of hydrogen-bond donors (Lipinski definition) is 3. The summed E-state index contributed by atoms with van der Waals surface area (Å²) < 4.78 is 0. The minimum absolute atomic E-state index is 0.818. The molecule has 0 saturated carbocycles. The Morgan fingerprint density at radius 3 is 1.86 bits per heavy atom. The lowest BCUT2D eigenvalue weighted by Gasteiger charge is -2.06. The van der Waals surface area contributed by atoms with Crippen molar-refractivity contribution in [2.24, 2.45) is 0 Å². The van der Waals surface area contributed by atoms with Gasteiger partial charge in [0.05, 0.1) is 0 Å². The van der Waals surface area contributed by atoms with Crippen molar-refractivity contribution in [2.45, 2.75) is 19.8 Å². The van der Waals surface area contributed by atoms with E-state index in [9.17, 15) is 0 Å². The van der Waals surface area contributed by atoms with Crippen molar-refractivity contribution in [1.29, 1.82) is 0 Å². The first-order valence-electron chi connectivity index (χ1n) is 5.47. The van der Waals surface area contributed by atoms with Crippen LogP contribution in [-0.4, -0.2) is 39.3 Å².